The molecule has 2 N–H and O–H groups in total. The van der Waals surface area contributed by atoms with Crippen molar-refractivity contribution >= 4 is 5.96 Å². The van der Waals surface area contributed by atoms with Gasteiger partial charge in [-0.25, -0.2) is 4.99 Å². The molecule has 8 heteroatoms. The number of hydrogen-bond donors (Lipinski definition) is 2. The van der Waals surface area contributed by atoms with Crippen molar-refractivity contribution in [2.45, 2.75) is 20.0 Å². The maximum Gasteiger partial charge on any atom is 0.191 e. The van der Waals surface area contributed by atoms with E-state index >= 15 is 0 Å². The zero-order valence-electron chi connectivity index (χ0n) is 18.5. The molecule has 0 aliphatic carbocycles. The first-order valence-corrected chi connectivity index (χ1v) is 9.62. The second-order valence-electron chi connectivity index (χ2n) is 6.24. The molecule has 0 bridgehead atoms. The summed E-state index contributed by atoms with van der Waals surface area (Å²) in [6, 6.07) is 9.33. The van der Waals surface area contributed by atoms with Crippen molar-refractivity contribution in [3.05, 3.63) is 41.5 Å². The maximum atomic E-state index is 5.52. The highest BCUT2D eigenvalue weighted by atomic mass is 16.5. The van der Waals surface area contributed by atoms with Gasteiger partial charge in [0.1, 0.15) is 28.7 Å². The molecule has 0 atom stereocenters. The number of nitrogens with zero attached hydrogens (tertiary/aromatic N) is 1. The number of ether oxygens (including phenoxy) is 5. The van der Waals surface area contributed by atoms with Crippen molar-refractivity contribution in [3.63, 3.8) is 0 Å². The van der Waals surface area contributed by atoms with Crippen LogP contribution in [0.2, 0.25) is 0 Å². The number of aliphatic imine (C=N–C) groups is 1. The summed E-state index contributed by atoms with van der Waals surface area (Å²) in [5.74, 6) is 4.14. The van der Waals surface area contributed by atoms with Gasteiger partial charge in [0.2, 0.25) is 0 Å². The van der Waals surface area contributed by atoms with Crippen LogP contribution in [0, 0.1) is 0 Å². The highest BCUT2D eigenvalue weighted by Gasteiger charge is 2.14. The fourth-order valence-corrected chi connectivity index (χ4v) is 2.91. The van der Waals surface area contributed by atoms with Crippen LogP contribution in [-0.4, -0.2) is 48.1 Å². The lowest BCUT2D eigenvalue weighted by molar-refractivity contribution is 0.368. The largest absolute Gasteiger partial charge is 0.497 e. The first kappa shape index (κ1) is 23.0. The second kappa shape index (κ2) is 11.6. The van der Waals surface area contributed by atoms with E-state index in [4.69, 9.17) is 23.7 Å². The van der Waals surface area contributed by atoms with Crippen LogP contribution in [0.3, 0.4) is 0 Å². The molecule has 2 aromatic carbocycles. The predicted octanol–water partition coefficient (Wildman–Crippen LogP) is 2.98. The minimum Gasteiger partial charge on any atom is -0.497 e. The van der Waals surface area contributed by atoms with Crippen LogP contribution in [0.1, 0.15) is 18.1 Å². The molecule has 0 heterocycles. The van der Waals surface area contributed by atoms with Crippen LogP contribution in [0.5, 0.6) is 28.7 Å². The highest BCUT2D eigenvalue weighted by molar-refractivity contribution is 5.80. The summed E-state index contributed by atoms with van der Waals surface area (Å²) >= 11 is 0. The van der Waals surface area contributed by atoms with E-state index in [1.807, 2.05) is 37.3 Å². The van der Waals surface area contributed by atoms with Gasteiger partial charge in [-0.2, -0.15) is 0 Å². The normalized spacial score (nSPS) is 10.9. The van der Waals surface area contributed by atoms with Gasteiger partial charge < -0.3 is 34.3 Å². The molecular weight excluding hydrogens is 386 g/mol. The highest BCUT2D eigenvalue weighted by Crippen LogP contribution is 2.33. The quantitative estimate of drug-likeness (QED) is 0.454. The summed E-state index contributed by atoms with van der Waals surface area (Å²) < 4.78 is 27.0. The smallest absolute Gasteiger partial charge is 0.191 e. The van der Waals surface area contributed by atoms with E-state index in [-0.39, 0.29) is 0 Å². The molecule has 0 spiro atoms. The molecule has 164 valence electrons. The van der Waals surface area contributed by atoms with Gasteiger partial charge in [0, 0.05) is 30.3 Å². The Kier molecular flexibility index (Phi) is 8.93. The first-order valence-electron chi connectivity index (χ1n) is 9.62. The number of guanidine groups is 1. The average Bonchev–Trinajstić information content (AvgIpc) is 2.79. The van der Waals surface area contributed by atoms with Gasteiger partial charge in [0.25, 0.3) is 0 Å². The van der Waals surface area contributed by atoms with Crippen molar-refractivity contribution in [2.75, 3.05) is 42.1 Å². The van der Waals surface area contributed by atoms with Crippen molar-refractivity contribution in [1.29, 1.82) is 0 Å². The van der Waals surface area contributed by atoms with Crippen LogP contribution in [0.25, 0.3) is 0 Å². The summed E-state index contributed by atoms with van der Waals surface area (Å²) in [5, 5.41) is 6.57. The summed E-state index contributed by atoms with van der Waals surface area (Å²) in [5.41, 5.74) is 1.82. The molecule has 0 aromatic heterocycles. The average molecular weight is 418 g/mol. The molecule has 0 fully saturated rings. The third-order valence-corrected chi connectivity index (χ3v) is 4.50. The van der Waals surface area contributed by atoms with Crippen LogP contribution < -0.4 is 34.3 Å². The van der Waals surface area contributed by atoms with Crippen molar-refractivity contribution in [1.82, 2.24) is 10.6 Å². The van der Waals surface area contributed by atoms with E-state index in [1.165, 1.54) is 0 Å². The lowest BCUT2D eigenvalue weighted by atomic mass is 10.1. The first-order chi connectivity index (χ1) is 14.6. The molecule has 8 nitrogen and oxygen atoms in total. The number of rotatable bonds is 10. The minimum atomic E-state index is 0.444. The van der Waals surface area contributed by atoms with Crippen LogP contribution >= 0.6 is 0 Å². The van der Waals surface area contributed by atoms with Crippen molar-refractivity contribution in [2.24, 2.45) is 4.99 Å². The number of benzene rings is 2. The zero-order chi connectivity index (χ0) is 21.9. The molecule has 0 amide bonds. The van der Waals surface area contributed by atoms with Crippen LogP contribution in [-0.2, 0) is 13.1 Å². The van der Waals surface area contributed by atoms with Gasteiger partial charge in [0.05, 0.1) is 54.2 Å². The third kappa shape index (κ3) is 5.85. The van der Waals surface area contributed by atoms with Gasteiger partial charge in [-0.3, -0.25) is 0 Å². The van der Waals surface area contributed by atoms with Gasteiger partial charge >= 0.3 is 0 Å². The van der Waals surface area contributed by atoms with Crippen molar-refractivity contribution in [3.8, 4) is 28.7 Å². The minimum absolute atomic E-state index is 0.444. The Labute approximate surface area is 178 Å². The molecule has 0 saturated heterocycles. The molecule has 0 unspecified atom stereocenters. The molecule has 2 aromatic rings. The fourth-order valence-electron chi connectivity index (χ4n) is 2.91. The molecule has 0 aliphatic heterocycles. The molecule has 0 radical (unpaired) electrons. The second-order valence-corrected chi connectivity index (χ2v) is 6.24. The Balaban J connectivity index is 2.20. The monoisotopic (exact) mass is 417 g/mol. The summed E-state index contributed by atoms with van der Waals surface area (Å²) in [6.45, 7) is 3.64. The lowest BCUT2D eigenvalue weighted by Crippen LogP contribution is -2.37. The van der Waals surface area contributed by atoms with Gasteiger partial charge in [-0.05, 0) is 19.1 Å². The van der Waals surface area contributed by atoms with E-state index < -0.39 is 0 Å². The van der Waals surface area contributed by atoms with Gasteiger partial charge in [-0.1, -0.05) is 0 Å². The topological polar surface area (TPSA) is 82.6 Å². The molecule has 0 saturated carbocycles. The standard InChI is InChI=1S/C22H31N3O5/c1-7-23-22(24-13-15-8-9-16(26-2)10-19(15)28-4)25-14-18-20(29-5)11-17(27-3)12-21(18)30-6/h8-12H,7,13-14H2,1-6H3,(H2,23,24,25). The number of hydrogen-bond acceptors (Lipinski definition) is 6. The maximum absolute atomic E-state index is 5.52. The Morgan fingerprint density at radius 3 is 1.90 bits per heavy atom. The molecule has 0 aliphatic rings. The fraction of sp³-hybridized carbons (Fsp3) is 0.409. The zero-order valence-corrected chi connectivity index (χ0v) is 18.5. The van der Waals surface area contributed by atoms with Crippen LogP contribution in [0.4, 0.5) is 0 Å². The summed E-state index contributed by atoms with van der Waals surface area (Å²) in [4.78, 5) is 4.67. The summed E-state index contributed by atoms with van der Waals surface area (Å²) in [6.07, 6.45) is 0. The van der Waals surface area contributed by atoms with Gasteiger partial charge in [0.15, 0.2) is 5.96 Å². The molecular formula is C22H31N3O5. The molecule has 30 heavy (non-hydrogen) atoms. The van der Waals surface area contributed by atoms with E-state index in [9.17, 15) is 0 Å². The Morgan fingerprint density at radius 1 is 0.767 bits per heavy atom. The van der Waals surface area contributed by atoms with E-state index in [2.05, 4.69) is 15.6 Å². The predicted molar refractivity (Wildman–Crippen MR) is 117 cm³/mol. The summed E-state index contributed by atoms with van der Waals surface area (Å²) in [7, 11) is 8.10. The van der Waals surface area contributed by atoms with Crippen molar-refractivity contribution < 1.29 is 23.7 Å². The third-order valence-electron chi connectivity index (χ3n) is 4.50. The SMILES string of the molecule is CCNC(=NCc1ccc(OC)cc1OC)NCc1c(OC)cc(OC)cc1OC. The number of nitrogens with one attached hydrogen (secondary N) is 2. The van der Waals surface area contributed by atoms with E-state index in [1.54, 1.807) is 35.5 Å². The molecule has 2 rings (SSSR count). The Morgan fingerprint density at radius 2 is 1.37 bits per heavy atom. The van der Waals surface area contributed by atoms with E-state index in [0.29, 0.717) is 36.3 Å². The van der Waals surface area contributed by atoms with Gasteiger partial charge in [-0.15, -0.1) is 0 Å². The Hall–Kier alpha value is -3.29. The Bertz CT molecular complexity index is 830. The van der Waals surface area contributed by atoms with Crippen LogP contribution in [0.15, 0.2) is 35.3 Å². The van der Waals surface area contributed by atoms with E-state index in [0.717, 1.165) is 29.2 Å². The lowest BCUT2D eigenvalue weighted by Gasteiger charge is -2.17. The number of methoxy groups -OCH3 is 5.